The van der Waals surface area contributed by atoms with Gasteiger partial charge in [-0.3, -0.25) is 4.79 Å². The van der Waals surface area contributed by atoms with Gasteiger partial charge in [0, 0.05) is 14.6 Å². The van der Waals surface area contributed by atoms with E-state index in [0.717, 1.165) is 20.3 Å². The zero-order chi connectivity index (χ0) is 14.5. The van der Waals surface area contributed by atoms with Crippen molar-refractivity contribution in [1.29, 1.82) is 0 Å². The fourth-order valence-corrected chi connectivity index (χ4v) is 2.96. The summed E-state index contributed by atoms with van der Waals surface area (Å²) in [6.07, 6.45) is 0. The Morgan fingerprint density at radius 2 is 1.65 bits per heavy atom. The Balaban J connectivity index is 1.94. The lowest BCUT2D eigenvalue weighted by molar-refractivity contribution is -0.114. The van der Waals surface area contributed by atoms with Crippen LogP contribution in [0.15, 0.2) is 51.4 Å². The van der Waals surface area contributed by atoms with Gasteiger partial charge in [0.25, 0.3) is 0 Å². The molecule has 0 aliphatic rings. The van der Waals surface area contributed by atoms with E-state index >= 15 is 0 Å². The van der Waals surface area contributed by atoms with Crippen LogP contribution >= 0.6 is 31.9 Å². The quantitative estimate of drug-likeness (QED) is 0.793. The van der Waals surface area contributed by atoms with E-state index in [2.05, 4.69) is 42.5 Å². The van der Waals surface area contributed by atoms with Crippen LogP contribution in [0, 0.1) is 6.92 Å². The number of hydrogen-bond acceptors (Lipinski definition) is 2. The Labute approximate surface area is 135 Å². The zero-order valence-corrected chi connectivity index (χ0v) is 14.1. The van der Waals surface area contributed by atoms with Crippen LogP contribution in [-0.4, -0.2) is 12.5 Å². The maximum Gasteiger partial charge on any atom is 0.243 e. The first-order chi connectivity index (χ1) is 9.56. The lowest BCUT2D eigenvalue weighted by Gasteiger charge is -2.11. The number of carbonyl (C=O) groups is 1. The van der Waals surface area contributed by atoms with Crippen LogP contribution in [0.5, 0.6) is 0 Å². The molecule has 0 unspecified atom stereocenters. The minimum atomic E-state index is -0.0866. The van der Waals surface area contributed by atoms with E-state index in [0.29, 0.717) is 0 Å². The van der Waals surface area contributed by atoms with Crippen molar-refractivity contribution in [3.63, 3.8) is 0 Å². The van der Waals surface area contributed by atoms with Crippen molar-refractivity contribution >= 4 is 49.1 Å². The first kappa shape index (κ1) is 15.1. The third-order valence-electron chi connectivity index (χ3n) is 2.72. The third-order valence-corrected chi connectivity index (χ3v) is 4.05. The average Bonchev–Trinajstić information content (AvgIpc) is 2.41. The number of nitrogens with one attached hydrogen (secondary N) is 2. The normalized spacial score (nSPS) is 10.2. The maximum absolute atomic E-state index is 11.9. The monoisotopic (exact) mass is 396 g/mol. The second kappa shape index (κ2) is 6.90. The lowest BCUT2D eigenvalue weighted by Crippen LogP contribution is -2.22. The largest absolute Gasteiger partial charge is 0.374 e. The van der Waals surface area contributed by atoms with Gasteiger partial charge in [-0.25, -0.2) is 0 Å². The summed E-state index contributed by atoms with van der Waals surface area (Å²) in [6.45, 7) is 2.21. The van der Waals surface area contributed by atoms with E-state index in [-0.39, 0.29) is 12.5 Å². The van der Waals surface area contributed by atoms with E-state index in [4.69, 9.17) is 0 Å². The maximum atomic E-state index is 11.9. The van der Waals surface area contributed by atoms with Crippen LogP contribution in [-0.2, 0) is 4.79 Å². The summed E-state index contributed by atoms with van der Waals surface area (Å²) < 4.78 is 1.82. The number of halogens is 2. The molecule has 0 spiro atoms. The molecule has 2 rings (SSSR count). The number of benzene rings is 2. The average molecular weight is 398 g/mol. The topological polar surface area (TPSA) is 41.1 Å². The Hall–Kier alpha value is -1.33. The Bertz CT molecular complexity index is 592. The number of amides is 1. The first-order valence-electron chi connectivity index (χ1n) is 6.10. The van der Waals surface area contributed by atoms with Crippen molar-refractivity contribution in [2.75, 3.05) is 17.2 Å². The van der Waals surface area contributed by atoms with E-state index in [9.17, 15) is 4.79 Å². The highest BCUT2D eigenvalue weighted by molar-refractivity contribution is 9.11. The van der Waals surface area contributed by atoms with Crippen LogP contribution < -0.4 is 10.6 Å². The van der Waals surface area contributed by atoms with Crippen LogP contribution in [0.2, 0.25) is 0 Å². The molecular formula is C15H14Br2N2O. The molecule has 0 radical (unpaired) electrons. The summed E-state index contributed by atoms with van der Waals surface area (Å²) in [4.78, 5) is 11.9. The first-order valence-corrected chi connectivity index (χ1v) is 7.69. The van der Waals surface area contributed by atoms with Gasteiger partial charge < -0.3 is 10.6 Å². The molecule has 20 heavy (non-hydrogen) atoms. The van der Waals surface area contributed by atoms with Crippen molar-refractivity contribution in [3.05, 3.63) is 57.0 Å². The highest BCUT2D eigenvalue weighted by atomic mass is 79.9. The summed E-state index contributed by atoms with van der Waals surface area (Å²) in [7, 11) is 0. The molecule has 1 amide bonds. The molecule has 0 aromatic heterocycles. The number of hydrogen-bond donors (Lipinski definition) is 2. The fraction of sp³-hybridized carbons (Fsp3) is 0.133. The molecule has 0 atom stereocenters. The van der Waals surface area contributed by atoms with Gasteiger partial charge in [0.2, 0.25) is 5.91 Å². The van der Waals surface area contributed by atoms with Crippen molar-refractivity contribution in [2.24, 2.45) is 0 Å². The van der Waals surface area contributed by atoms with Crippen LogP contribution in [0.4, 0.5) is 11.4 Å². The minimum Gasteiger partial charge on any atom is -0.374 e. The molecule has 0 aliphatic carbocycles. The highest BCUT2D eigenvalue weighted by Gasteiger charge is 2.07. The molecular weight excluding hydrogens is 384 g/mol. The summed E-state index contributed by atoms with van der Waals surface area (Å²) in [5.41, 5.74) is 2.83. The Morgan fingerprint density at radius 3 is 2.25 bits per heavy atom. The van der Waals surface area contributed by atoms with E-state index in [1.165, 1.54) is 5.56 Å². The fourth-order valence-electron chi connectivity index (χ4n) is 1.68. The van der Waals surface area contributed by atoms with Crippen LogP contribution in [0.1, 0.15) is 5.56 Å². The molecule has 0 bridgehead atoms. The SMILES string of the molecule is Cc1ccc(NC(=O)CNc2c(Br)cccc2Br)cc1. The van der Waals surface area contributed by atoms with E-state index in [1.54, 1.807) is 0 Å². The second-order valence-electron chi connectivity index (χ2n) is 4.36. The van der Waals surface area contributed by atoms with E-state index < -0.39 is 0 Å². The zero-order valence-electron chi connectivity index (χ0n) is 10.9. The predicted octanol–water partition coefficient (Wildman–Crippen LogP) is 4.57. The highest BCUT2D eigenvalue weighted by Crippen LogP contribution is 2.30. The number of rotatable bonds is 4. The van der Waals surface area contributed by atoms with Gasteiger partial charge in [-0.05, 0) is 63.0 Å². The van der Waals surface area contributed by atoms with Crippen LogP contribution in [0.25, 0.3) is 0 Å². The molecule has 5 heteroatoms. The molecule has 2 aromatic rings. The minimum absolute atomic E-state index is 0.0866. The molecule has 3 nitrogen and oxygen atoms in total. The van der Waals surface area contributed by atoms with Gasteiger partial charge in [0.1, 0.15) is 0 Å². The van der Waals surface area contributed by atoms with Gasteiger partial charge in [-0.2, -0.15) is 0 Å². The van der Waals surface area contributed by atoms with Crippen LogP contribution in [0.3, 0.4) is 0 Å². The smallest absolute Gasteiger partial charge is 0.243 e. The van der Waals surface area contributed by atoms with Crippen molar-refractivity contribution in [3.8, 4) is 0 Å². The van der Waals surface area contributed by atoms with Gasteiger partial charge in [0.15, 0.2) is 0 Å². The summed E-state index contributed by atoms with van der Waals surface area (Å²) in [5.74, 6) is -0.0866. The standard InChI is InChI=1S/C15H14Br2N2O/c1-10-5-7-11(8-6-10)19-14(20)9-18-15-12(16)3-2-4-13(15)17/h2-8,18H,9H2,1H3,(H,19,20). The molecule has 0 saturated carbocycles. The van der Waals surface area contributed by atoms with E-state index in [1.807, 2.05) is 49.4 Å². The molecule has 0 saturated heterocycles. The Kier molecular flexibility index (Phi) is 5.20. The van der Waals surface area contributed by atoms with Gasteiger partial charge in [0.05, 0.1) is 12.2 Å². The summed E-state index contributed by atoms with van der Waals surface area (Å²) in [5, 5.41) is 5.95. The lowest BCUT2D eigenvalue weighted by atomic mass is 10.2. The molecule has 0 heterocycles. The second-order valence-corrected chi connectivity index (χ2v) is 6.07. The molecule has 2 aromatic carbocycles. The van der Waals surface area contributed by atoms with Gasteiger partial charge >= 0.3 is 0 Å². The molecule has 0 fully saturated rings. The Morgan fingerprint density at radius 1 is 1.05 bits per heavy atom. The number of carbonyl (C=O) groups excluding carboxylic acids is 1. The third kappa shape index (κ3) is 4.08. The number of para-hydroxylation sites is 1. The molecule has 104 valence electrons. The summed E-state index contributed by atoms with van der Waals surface area (Å²) >= 11 is 6.90. The molecule has 2 N–H and O–H groups in total. The summed E-state index contributed by atoms with van der Waals surface area (Å²) in [6, 6.07) is 13.5. The molecule has 0 aliphatic heterocycles. The van der Waals surface area contributed by atoms with Gasteiger partial charge in [-0.1, -0.05) is 23.8 Å². The van der Waals surface area contributed by atoms with Crippen molar-refractivity contribution in [1.82, 2.24) is 0 Å². The number of aryl methyl sites for hydroxylation is 1. The van der Waals surface area contributed by atoms with Crippen molar-refractivity contribution < 1.29 is 4.79 Å². The van der Waals surface area contributed by atoms with Crippen molar-refractivity contribution in [2.45, 2.75) is 6.92 Å². The predicted molar refractivity (Wildman–Crippen MR) is 90.1 cm³/mol. The van der Waals surface area contributed by atoms with Gasteiger partial charge in [-0.15, -0.1) is 0 Å². The number of anilines is 2.